The maximum absolute atomic E-state index is 12.9. The van der Waals surface area contributed by atoms with Crippen LogP contribution in [-0.2, 0) is 28.5 Å². The molecule has 0 saturated carbocycles. The van der Waals surface area contributed by atoms with Crippen molar-refractivity contribution in [1.29, 1.82) is 0 Å². The first-order valence-corrected chi connectivity index (χ1v) is 17.2. The standard InChI is InChI=1S/C37H47NO15/c1-3-4-17-49-35-33(46)32(45)31(44)28(52-35)20-50-37(36(47)48)19-27(42)29(38-21(2)39)34(53-37)30(43)26(41)16-9-8-15-25(40)22-11-10-14-24(18-22)51-23-12-6-5-7-13-23/h1,5-7,10-14,18,26-35,41-46H,4,8-9,15-17,19-20H2,2H3,(H,38,39)(H,47,48)/t26-,27+,28-,29-,30-,31+,32+,33-,34-,35-,37+/m1/s1. The monoisotopic (exact) mass is 745 g/mol. The molecule has 11 atom stereocenters. The molecule has 2 aliphatic rings. The van der Waals surface area contributed by atoms with E-state index in [0.717, 1.165) is 6.92 Å². The average molecular weight is 746 g/mol. The van der Waals surface area contributed by atoms with E-state index >= 15 is 0 Å². The number of aliphatic hydroxyl groups is 6. The Kier molecular flexibility index (Phi) is 15.3. The van der Waals surface area contributed by atoms with E-state index in [1.54, 1.807) is 36.4 Å². The van der Waals surface area contributed by atoms with Gasteiger partial charge in [-0.15, -0.1) is 12.3 Å². The van der Waals surface area contributed by atoms with E-state index in [0.29, 0.717) is 23.5 Å². The Labute approximate surface area is 306 Å². The third kappa shape index (κ3) is 11.0. The summed E-state index contributed by atoms with van der Waals surface area (Å²) in [6.45, 7) is 0.293. The average Bonchev–Trinajstić information content (AvgIpc) is 3.13. The van der Waals surface area contributed by atoms with Gasteiger partial charge in [0, 0.05) is 31.7 Å². The number of nitrogens with one attached hydrogen (secondary N) is 1. The van der Waals surface area contributed by atoms with Crippen LogP contribution in [0.4, 0.5) is 0 Å². The number of unbranched alkanes of at least 4 members (excludes halogenated alkanes) is 1. The lowest BCUT2D eigenvalue weighted by Crippen LogP contribution is -2.68. The van der Waals surface area contributed by atoms with E-state index in [1.165, 1.54) is 0 Å². The van der Waals surface area contributed by atoms with Gasteiger partial charge in [0.2, 0.25) is 5.91 Å². The van der Waals surface area contributed by atoms with Gasteiger partial charge in [-0.3, -0.25) is 9.59 Å². The van der Waals surface area contributed by atoms with Crippen LogP contribution in [0.5, 0.6) is 11.5 Å². The minimum absolute atomic E-state index is 0.0653. The normalized spacial score (nSPS) is 29.7. The van der Waals surface area contributed by atoms with E-state index in [4.69, 9.17) is 30.1 Å². The van der Waals surface area contributed by atoms with E-state index in [1.807, 2.05) is 18.2 Å². The summed E-state index contributed by atoms with van der Waals surface area (Å²) in [6, 6.07) is 14.4. The number of hydrogen-bond donors (Lipinski definition) is 8. The van der Waals surface area contributed by atoms with Crippen LogP contribution >= 0.6 is 0 Å². The molecular weight excluding hydrogens is 698 g/mol. The smallest absolute Gasteiger partial charge is 0.364 e. The van der Waals surface area contributed by atoms with Gasteiger partial charge < -0.3 is 64.7 Å². The summed E-state index contributed by atoms with van der Waals surface area (Å²) in [5, 5.41) is 77.1. The Morgan fingerprint density at radius 2 is 1.72 bits per heavy atom. The molecule has 8 N–H and O–H groups in total. The van der Waals surface area contributed by atoms with E-state index < -0.39 is 91.9 Å². The number of Topliss-reactive ketones (excluding diaryl/α,β-unsaturated/α-hetero) is 1. The molecule has 16 nitrogen and oxygen atoms in total. The summed E-state index contributed by atoms with van der Waals surface area (Å²) in [5.74, 6) is -1.85. The zero-order chi connectivity index (χ0) is 38.7. The van der Waals surface area contributed by atoms with Crippen molar-refractivity contribution in [1.82, 2.24) is 5.32 Å². The van der Waals surface area contributed by atoms with Gasteiger partial charge in [0.1, 0.15) is 48.1 Å². The second-order valence-corrected chi connectivity index (χ2v) is 13.0. The molecular formula is C37H47NO15. The van der Waals surface area contributed by atoms with Crippen LogP contribution in [0.1, 0.15) is 55.8 Å². The molecule has 2 aromatic rings. The molecule has 2 heterocycles. The van der Waals surface area contributed by atoms with Crippen molar-refractivity contribution in [2.75, 3.05) is 13.2 Å². The molecule has 0 radical (unpaired) electrons. The van der Waals surface area contributed by atoms with Crippen molar-refractivity contribution < 1.29 is 73.8 Å². The molecule has 2 saturated heterocycles. The van der Waals surface area contributed by atoms with Gasteiger partial charge in [0.25, 0.3) is 5.79 Å². The highest BCUT2D eigenvalue weighted by Gasteiger charge is 2.56. The number of benzene rings is 2. The summed E-state index contributed by atoms with van der Waals surface area (Å²) in [6.07, 6.45) is -9.83. The topological polar surface area (TPSA) is 251 Å². The second kappa shape index (κ2) is 19.4. The minimum Gasteiger partial charge on any atom is -0.477 e. The van der Waals surface area contributed by atoms with Crippen LogP contribution < -0.4 is 10.1 Å². The van der Waals surface area contributed by atoms with E-state index in [2.05, 4.69) is 11.2 Å². The molecule has 2 aromatic carbocycles. The SMILES string of the molecule is C#CCCO[C@@H]1O[C@H](CO[C@@]2(C(=O)O)C[C@H](O)[C@@H](NC(C)=O)[C@H]([C@H](O)[C@H](O)CCCCC(=O)c3cccc(Oc4ccccc4)c3)O2)[C@H](O)[C@H](O)[C@H]1O. The summed E-state index contributed by atoms with van der Waals surface area (Å²) < 4.78 is 28.0. The van der Waals surface area contributed by atoms with Gasteiger partial charge in [-0.05, 0) is 37.1 Å². The molecule has 16 heteroatoms. The van der Waals surface area contributed by atoms with Crippen LogP contribution in [0.2, 0.25) is 0 Å². The van der Waals surface area contributed by atoms with Crippen LogP contribution in [0, 0.1) is 12.3 Å². The molecule has 53 heavy (non-hydrogen) atoms. The summed E-state index contributed by atoms with van der Waals surface area (Å²) in [7, 11) is 0. The predicted octanol–water partition coefficient (Wildman–Crippen LogP) is 0.243. The highest BCUT2D eigenvalue weighted by Crippen LogP contribution is 2.35. The minimum atomic E-state index is -2.70. The van der Waals surface area contributed by atoms with Crippen molar-refractivity contribution in [2.45, 2.75) is 112 Å². The maximum Gasteiger partial charge on any atom is 0.364 e. The predicted molar refractivity (Wildman–Crippen MR) is 183 cm³/mol. The van der Waals surface area contributed by atoms with Gasteiger partial charge >= 0.3 is 5.97 Å². The van der Waals surface area contributed by atoms with E-state index in [-0.39, 0.29) is 38.1 Å². The third-order valence-corrected chi connectivity index (χ3v) is 8.97. The zero-order valence-electron chi connectivity index (χ0n) is 29.1. The molecule has 290 valence electrons. The maximum atomic E-state index is 12.9. The first kappa shape index (κ1) is 41.8. The fraction of sp³-hybridized carbons (Fsp3) is 0.541. The Bertz CT molecular complexity index is 1550. The number of terminal acetylenes is 1. The first-order valence-electron chi connectivity index (χ1n) is 17.2. The van der Waals surface area contributed by atoms with Gasteiger partial charge in [0.05, 0.1) is 31.5 Å². The second-order valence-electron chi connectivity index (χ2n) is 13.0. The van der Waals surface area contributed by atoms with Gasteiger partial charge in [-0.25, -0.2) is 4.79 Å². The quantitative estimate of drug-likeness (QED) is 0.0578. The highest BCUT2D eigenvalue weighted by atomic mass is 16.7. The molecule has 0 unspecified atom stereocenters. The molecule has 2 fully saturated rings. The number of aliphatic carboxylic acids is 1. The molecule has 0 bridgehead atoms. The van der Waals surface area contributed by atoms with Crippen LogP contribution in [0.3, 0.4) is 0 Å². The Morgan fingerprint density at radius 1 is 1.00 bits per heavy atom. The van der Waals surface area contributed by atoms with Crippen molar-refractivity contribution in [2.24, 2.45) is 0 Å². The third-order valence-electron chi connectivity index (χ3n) is 8.97. The number of carboxylic acids is 1. The number of para-hydroxylation sites is 1. The van der Waals surface area contributed by atoms with Crippen LogP contribution in [-0.4, -0.2) is 134 Å². The Hall–Kier alpha value is -3.99. The first-order chi connectivity index (χ1) is 25.3. The molecule has 0 aromatic heterocycles. The lowest BCUT2D eigenvalue weighted by atomic mass is 9.87. The summed E-state index contributed by atoms with van der Waals surface area (Å²) in [5.41, 5.74) is 0.426. The number of carbonyl (C=O) groups excluding carboxylic acids is 2. The lowest BCUT2D eigenvalue weighted by molar-refractivity contribution is -0.338. The van der Waals surface area contributed by atoms with Gasteiger partial charge in [-0.2, -0.15) is 0 Å². The number of hydrogen-bond acceptors (Lipinski definition) is 14. The van der Waals surface area contributed by atoms with Crippen LogP contribution in [0.25, 0.3) is 0 Å². The number of aliphatic hydroxyl groups excluding tert-OH is 6. The number of amides is 1. The van der Waals surface area contributed by atoms with Gasteiger partial charge in [-0.1, -0.05) is 36.8 Å². The number of ketones is 1. The summed E-state index contributed by atoms with van der Waals surface area (Å²) >= 11 is 0. The fourth-order valence-corrected chi connectivity index (χ4v) is 6.12. The van der Waals surface area contributed by atoms with Crippen molar-refractivity contribution >= 4 is 17.7 Å². The van der Waals surface area contributed by atoms with Crippen molar-refractivity contribution in [3.63, 3.8) is 0 Å². The number of carbonyl (C=O) groups is 3. The number of rotatable bonds is 18. The number of carboxylic acid groups (broad SMARTS) is 1. The lowest BCUT2D eigenvalue weighted by Gasteiger charge is -2.47. The molecule has 0 spiro atoms. The Morgan fingerprint density at radius 3 is 2.40 bits per heavy atom. The molecule has 1 amide bonds. The summed E-state index contributed by atoms with van der Waals surface area (Å²) in [4.78, 5) is 37.6. The molecule has 4 rings (SSSR count). The van der Waals surface area contributed by atoms with Gasteiger partial charge in [0.15, 0.2) is 12.1 Å². The highest BCUT2D eigenvalue weighted by molar-refractivity contribution is 5.96. The number of ether oxygens (including phenoxy) is 5. The van der Waals surface area contributed by atoms with Crippen LogP contribution in [0.15, 0.2) is 54.6 Å². The largest absolute Gasteiger partial charge is 0.477 e. The Balaban J connectivity index is 1.39. The molecule has 0 aliphatic carbocycles. The van der Waals surface area contributed by atoms with Crippen molar-refractivity contribution in [3.8, 4) is 23.8 Å². The van der Waals surface area contributed by atoms with Crippen molar-refractivity contribution in [3.05, 3.63) is 60.2 Å². The molecule has 2 aliphatic heterocycles. The fourth-order valence-electron chi connectivity index (χ4n) is 6.12. The van der Waals surface area contributed by atoms with E-state index in [9.17, 15) is 50.1 Å². The zero-order valence-corrected chi connectivity index (χ0v) is 29.1.